The lowest BCUT2D eigenvalue weighted by molar-refractivity contribution is 0.147. The third kappa shape index (κ3) is 2.58. The highest BCUT2D eigenvalue weighted by atomic mass is 16.5. The van der Waals surface area contributed by atoms with Gasteiger partial charge in [0.25, 0.3) is 0 Å². The van der Waals surface area contributed by atoms with Gasteiger partial charge in [0.05, 0.1) is 12.6 Å². The van der Waals surface area contributed by atoms with E-state index in [0.29, 0.717) is 6.61 Å². The summed E-state index contributed by atoms with van der Waals surface area (Å²) in [5.41, 5.74) is 0.819. The van der Waals surface area contributed by atoms with Crippen LogP contribution in [0.4, 0.5) is 4.79 Å². The highest BCUT2D eigenvalue weighted by Crippen LogP contribution is 2.23. The molecule has 4 heteroatoms. The second-order valence-electron chi connectivity index (χ2n) is 3.77. The molecule has 0 bridgehead atoms. The number of carbonyl (C=O) groups excluding carboxylic acids is 1. The zero-order valence-electron chi connectivity index (χ0n) is 9.90. The fourth-order valence-corrected chi connectivity index (χ4v) is 1.64. The zero-order valence-corrected chi connectivity index (χ0v) is 9.90. The van der Waals surface area contributed by atoms with Gasteiger partial charge in [0.2, 0.25) is 0 Å². The molecule has 90 valence electrons. The van der Waals surface area contributed by atoms with Crippen LogP contribution in [0.5, 0.6) is 0 Å². The minimum Gasteiger partial charge on any atom is -0.459 e. The Morgan fingerprint density at radius 3 is 2.94 bits per heavy atom. The molecule has 4 nitrogen and oxygen atoms in total. The molecule has 2 aromatic rings. The van der Waals surface area contributed by atoms with E-state index in [0.717, 1.165) is 16.7 Å². The maximum absolute atomic E-state index is 11.3. The summed E-state index contributed by atoms with van der Waals surface area (Å²) in [5.74, 6) is 0.722. The van der Waals surface area contributed by atoms with E-state index >= 15 is 0 Å². The molecule has 0 aliphatic rings. The number of alkyl carbamates (subject to hydrolysis) is 1. The van der Waals surface area contributed by atoms with E-state index in [1.54, 1.807) is 6.92 Å². The maximum Gasteiger partial charge on any atom is 0.407 e. The maximum atomic E-state index is 11.3. The Labute approximate surface area is 99.6 Å². The summed E-state index contributed by atoms with van der Waals surface area (Å²) in [4.78, 5) is 11.3. The lowest BCUT2D eigenvalue weighted by Crippen LogP contribution is -2.26. The van der Waals surface area contributed by atoms with Gasteiger partial charge < -0.3 is 14.5 Å². The largest absolute Gasteiger partial charge is 0.459 e. The van der Waals surface area contributed by atoms with Gasteiger partial charge in [-0.1, -0.05) is 18.2 Å². The normalized spacial score (nSPS) is 12.4. The Hall–Kier alpha value is -1.97. The smallest absolute Gasteiger partial charge is 0.407 e. The lowest BCUT2D eigenvalue weighted by atomic mass is 10.2. The fraction of sp³-hybridized carbons (Fsp3) is 0.308. The molecular formula is C13H15NO3. The van der Waals surface area contributed by atoms with Gasteiger partial charge in [-0.05, 0) is 26.0 Å². The molecule has 0 aliphatic heterocycles. The van der Waals surface area contributed by atoms with Crippen molar-refractivity contribution >= 4 is 17.1 Å². The van der Waals surface area contributed by atoms with Gasteiger partial charge in [0.15, 0.2) is 0 Å². The molecule has 1 heterocycles. The first-order chi connectivity index (χ1) is 8.20. The number of para-hydroxylation sites is 1. The quantitative estimate of drug-likeness (QED) is 0.885. The van der Waals surface area contributed by atoms with Crippen LogP contribution in [0.2, 0.25) is 0 Å². The van der Waals surface area contributed by atoms with Gasteiger partial charge in [0.1, 0.15) is 11.3 Å². The molecule has 1 aromatic carbocycles. The van der Waals surface area contributed by atoms with E-state index in [4.69, 9.17) is 9.15 Å². The highest BCUT2D eigenvalue weighted by molar-refractivity contribution is 5.78. The van der Waals surface area contributed by atoms with Crippen molar-refractivity contribution < 1.29 is 13.9 Å². The Morgan fingerprint density at radius 1 is 1.47 bits per heavy atom. The standard InChI is InChI=1S/C13H15NO3/c1-3-16-13(15)14-9(2)12-8-10-6-4-5-7-11(10)17-12/h4-9H,3H2,1-2H3,(H,14,15)/t9-/m1/s1. The zero-order chi connectivity index (χ0) is 12.3. The molecule has 17 heavy (non-hydrogen) atoms. The number of benzene rings is 1. The SMILES string of the molecule is CCOC(=O)N[C@H](C)c1cc2ccccc2o1. The van der Waals surface area contributed by atoms with Crippen molar-refractivity contribution in [3.05, 3.63) is 36.1 Å². The summed E-state index contributed by atoms with van der Waals surface area (Å²) in [7, 11) is 0. The van der Waals surface area contributed by atoms with Crippen molar-refractivity contribution in [2.45, 2.75) is 19.9 Å². The molecule has 2 rings (SSSR count). The molecule has 0 spiro atoms. The third-order valence-corrected chi connectivity index (χ3v) is 2.48. The Morgan fingerprint density at radius 2 is 2.24 bits per heavy atom. The second-order valence-corrected chi connectivity index (χ2v) is 3.77. The number of fused-ring (bicyclic) bond motifs is 1. The van der Waals surface area contributed by atoms with Crippen molar-refractivity contribution in [1.29, 1.82) is 0 Å². The second kappa shape index (κ2) is 4.91. The molecule has 0 radical (unpaired) electrons. The number of furan rings is 1. The van der Waals surface area contributed by atoms with Crippen LogP contribution in [0.15, 0.2) is 34.7 Å². The number of nitrogens with one attached hydrogen (secondary N) is 1. The van der Waals surface area contributed by atoms with Crippen LogP contribution >= 0.6 is 0 Å². The van der Waals surface area contributed by atoms with E-state index in [1.807, 2.05) is 37.3 Å². The predicted molar refractivity (Wildman–Crippen MR) is 64.8 cm³/mol. The highest BCUT2D eigenvalue weighted by Gasteiger charge is 2.14. The molecule has 0 aliphatic carbocycles. The van der Waals surface area contributed by atoms with Gasteiger partial charge in [0, 0.05) is 5.39 Å². The van der Waals surface area contributed by atoms with Crippen LogP contribution in [-0.2, 0) is 4.74 Å². The summed E-state index contributed by atoms with van der Waals surface area (Å²) < 4.78 is 10.5. The van der Waals surface area contributed by atoms with Crippen molar-refractivity contribution in [3.8, 4) is 0 Å². The lowest BCUT2D eigenvalue weighted by Gasteiger charge is -2.10. The number of rotatable bonds is 3. The van der Waals surface area contributed by atoms with E-state index < -0.39 is 6.09 Å². The minimum atomic E-state index is -0.430. The van der Waals surface area contributed by atoms with Crippen molar-refractivity contribution in [1.82, 2.24) is 5.32 Å². The molecule has 1 amide bonds. The van der Waals surface area contributed by atoms with Crippen LogP contribution in [-0.4, -0.2) is 12.7 Å². The summed E-state index contributed by atoms with van der Waals surface area (Å²) in [6.07, 6.45) is -0.430. The molecule has 1 aromatic heterocycles. The topological polar surface area (TPSA) is 51.5 Å². The Kier molecular flexibility index (Phi) is 3.32. The minimum absolute atomic E-state index is 0.207. The Bertz CT molecular complexity index is 485. The molecule has 0 unspecified atom stereocenters. The van der Waals surface area contributed by atoms with Crippen LogP contribution in [0, 0.1) is 0 Å². The monoisotopic (exact) mass is 233 g/mol. The van der Waals surface area contributed by atoms with Crippen LogP contribution in [0.25, 0.3) is 11.0 Å². The summed E-state index contributed by atoms with van der Waals surface area (Å²) in [5, 5.41) is 3.73. The number of hydrogen-bond acceptors (Lipinski definition) is 3. The average molecular weight is 233 g/mol. The molecule has 1 atom stereocenters. The van der Waals surface area contributed by atoms with E-state index in [1.165, 1.54) is 0 Å². The van der Waals surface area contributed by atoms with Gasteiger partial charge in [-0.15, -0.1) is 0 Å². The van der Waals surface area contributed by atoms with Gasteiger partial charge in [-0.2, -0.15) is 0 Å². The number of ether oxygens (including phenoxy) is 1. The first kappa shape index (κ1) is 11.5. The predicted octanol–water partition coefficient (Wildman–Crippen LogP) is 3.24. The first-order valence-corrected chi connectivity index (χ1v) is 5.62. The van der Waals surface area contributed by atoms with Crippen molar-refractivity contribution in [2.75, 3.05) is 6.61 Å². The molecule has 0 saturated heterocycles. The van der Waals surface area contributed by atoms with Crippen molar-refractivity contribution in [2.24, 2.45) is 0 Å². The molecular weight excluding hydrogens is 218 g/mol. The van der Waals surface area contributed by atoms with E-state index in [9.17, 15) is 4.79 Å². The van der Waals surface area contributed by atoms with Crippen molar-refractivity contribution in [3.63, 3.8) is 0 Å². The average Bonchev–Trinajstić information content (AvgIpc) is 2.72. The summed E-state index contributed by atoms with van der Waals surface area (Å²) in [6, 6.07) is 9.45. The van der Waals surface area contributed by atoms with Gasteiger partial charge in [-0.3, -0.25) is 0 Å². The number of carbonyl (C=O) groups is 1. The van der Waals surface area contributed by atoms with Gasteiger partial charge >= 0.3 is 6.09 Å². The van der Waals surface area contributed by atoms with Crippen LogP contribution < -0.4 is 5.32 Å². The number of hydrogen-bond donors (Lipinski definition) is 1. The number of amides is 1. The molecule has 0 fully saturated rings. The Balaban J connectivity index is 2.13. The van der Waals surface area contributed by atoms with E-state index in [-0.39, 0.29) is 6.04 Å². The van der Waals surface area contributed by atoms with Crippen LogP contribution in [0.1, 0.15) is 25.6 Å². The van der Waals surface area contributed by atoms with Gasteiger partial charge in [-0.25, -0.2) is 4.79 Å². The third-order valence-electron chi connectivity index (χ3n) is 2.48. The molecule has 0 saturated carbocycles. The van der Waals surface area contributed by atoms with E-state index in [2.05, 4.69) is 5.32 Å². The first-order valence-electron chi connectivity index (χ1n) is 5.62. The summed E-state index contributed by atoms with van der Waals surface area (Å²) >= 11 is 0. The summed E-state index contributed by atoms with van der Waals surface area (Å²) in [6.45, 7) is 3.98. The van der Waals surface area contributed by atoms with Crippen LogP contribution in [0.3, 0.4) is 0 Å². The fourth-order valence-electron chi connectivity index (χ4n) is 1.64. The molecule has 1 N–H and O–H groups in total.